The summed E-state index contributed by atoms with van der Waals surface area (Å²) in [5.41, 5.74) is 3.44. The Balaban J connectivity index is 1.29. The van der Waals surface area contributed by atoms with Crippen molar-refractivity contribution in [2.75, 3.05) is 31.1 Å². The number of piperidine rings is 1. The van der Waals surface area contributed by atoms with Gasteiger partial charge in [-0.25, -0.2) is 0 Å². The first kappa shape index (κ1) is 24.3. The number of carbonyl (C=O) groups excluding carboxylic acids is 1. The predicted octanol–water partition coefficient (Wildman–Crippen LogP) is 5.54. The van der Waals surface area contributed by atoms with Crippen molar-refractivity contribution in [2.24, 2.45) is 5.92 Å². The van der Waals surface area contributed by atoms with Crippen LogP contribution in [0.1, 0.15) is 39.2 Å². The number of hydrogen-bond acceptors (Lipinski definition) is 6. The van der Waals surface area contributed by atoms with E-state index in [1.165, 1.54) is 23.0 Å². The molecular formula is C27H34N4O2S. The third-order valence-electron chi connectivity index (χ3n) is 6.57. The van der Waals surface area contributed by atoms with Crippen molar-refractivity contribution in [3.8, 4) is 11.5 Å². The van der Waals surface area contributed by atoms with Crippen molar-refractivity contribution in [3.63, 3.8) is 0 Å². The molecule has 1 aliphatic heterocycles. The number of rotatable bonds is 9. The highest BCUT2D eigenvalue weighted by atomic mass is 32.2. The number of hydrogen-bond donors (Lipinski definition) is 0. The van der Waals surface area contributed by atoms with Crippen LogP contribution < -0.4 is 4.90 Å². The van der Waals surface area contributed by atoms with Gasteiger partial charge in [-0.2, -0.15) is 0 Å². The maximum atomic E-state index is 13.0. The third-order valence-corrected chi connectivity index (χ3v) is 7.49. The van der Waals surface area contributed by atoms with E-state index in [1.54, 1.807) is 0 Å². The molecule has 0 N–H and O–H groups in total. The van der Waals surface area contributed by atoms with Crippen LogP contribution in [0.25, 0.3) is 11.5 Å². The van der Waals surface area contributed by atoms with Gasteiger partial charge in [0.15, 0.2) is 0 Å². The van der Waals surface area contributed by atoms with Crippen molar-refractivity contribution < 1.29 is 9.21 Å². The Morgan fingerprint density at radius 1 is 1.06 bits per heavy atom. The highest BCUT2D eigenvalue weighted by Gasteiger charge is 2.28. The Morgan fingerprint density at radius 3 is 2.38 bits per heavy atom. The van der Waals surface area contributed by atoms with Gasteiger partial charge in [-0.3, -0.25) is 4.79 Å². The second-order valence-electron chi connectivity index (χ2n) is 8.81. The number of anilines is 1. The molecule has 2 heterocycles. The molecule has 1 atom stereocenters. The molecule has 0 spiro atoms. The Labute approximate surface area is 206 Å². The molecule has 0 bridgehead atoms. The zero-order valence-electron chi connectivity index (χ0n) is 20.3. The SMILES string of the molecule is CCN(CC)c1ccc(-c2nnc(SC(C)C(=O)N3CCC(Cc4ccccc4)CC3)o2)cc1. The minimum atomic E-state index is -0.260. The van der Waals surface area contributed by atoms with Gasteiger partial charge in [0.25, 0.3) is 5.22 Å². The maximum Gasteiger partial charge on any atom is 0.277 e. The van der Waals surface area contributed by atoms with E-state index in [4.69, 9.17) is 4.42 Å². The summed E-state index contributed by atoms with van der Waals surface area (Å²) in [6.45, 7) is 9.78. The number of likely N-dealkylation sites (tertiary alicyclic amines) is 1. The molecule has 4 rings (SSSR count). The summed E-state index contributed by atoms with van der Waals surface area (Å²) in [7, 11) is 0. The molecule has 34 heavy (non-hydrogen) atoms. The summed E-state index contributed by atoms with van der Waals surface area (Å²) in [5.74, 6) is 1.27. The predicted molar refractivity (Wildman–Crippen MR) is 138 cm³/mol. The van der Waals surface area contributed by atoms with Crippen LogP contribution in [0.2, 0.25) is 0 Å². The Bertz CT molecular complexity index is 1040. The van der Waals surface area contributed by atoms with Gasteiger partial charge in [-0.1, -0.05) is 42.1 Å². The van der Waals surface area contributed by atoms with Gasteiger partial charge in [-0.15, -0.1) is 10.2 Å². The van der Waals surface area contributed by atoms with Gasteiger partial charge in [0.2, 0.25) is 11.8 Å². The minimum Gasteiger partial charge on any atom is -0.411 e. The van der Waals surface area contributed by atoms with E-state index in [1.807, 2.05) is 24.0 Å². The average Bonchev–Trinajstić information content (AvgIpc) is 3.34. The lowest BCUT2D eigenvalue weighted by atomic mass is 9.90. The van der Waals surface area contributed by atoms with Crippen LogP contribution in [0.4, 0.5) is 5.69 Å². The molecule has 1 aliphatic rings. The second kappa shape index (κ2) is 11.6. The van der Waals surface area contributed by atoms with Crippen LogP contribution in [0, 0.1) is 5.92 Å². The average molecular weight is 479 g/mol. The molecule has 0 saturated carbocycles. The first-order chi connectivity index (χ1) is 16.6. The molecule has 1 aromatic heterocycles. The van der Waals surface area contributed by atoms with Crippen molar-refractivity contribution >= 4 is 23.4 Å². The van der Waals surface area contributed by atoms with Crippen molar-refractivity contribution in [1.29, 1.82) is 0 Å². The zero-order valence-corrected chi connectivity index (χ0v) is 21.1. The molecule has 0 aliphatic carbocycles. The molecule has 3 aromatic rings. The number of aromatic nitrogens is 2. The van der Waals surface area contributed by atoms with E-state index in [-0.39, 0.29) is 11.2 Å². The van der Waals surface area contributed by atoms with Crippen molar-refractivity contribution in [1.82, 2.24) is 15.1 Å². The lowest BCUT2D eigenvalue weighted by molar-refractivity contribution is -0.131. The normalized spacial score (nSPS) is 15.3. The van der Waals surface area contributed by atoms with Gasteiger partial charge in [0.05, 0.1) is 5.25 Å². The number of carbonyl (C=O) groups is 1. The van der Waals surface area contributed by atoms with Crippen molar-refractivity contribution in [3.05, 3.63) is 60.2 Å². The monoisotopic (exact) mass is 478 g/mol. The lowest BCUT2D eigenvalue weighted by Crippen LogP contribution is -2.42. The van der Waals surface area contributed by atoms with E-state index < -0.39 is 0 Å². The van der Waals surface area contributed by atoms with Gasteiger partial charge < -0.3 is 14.2 Å². The molecule has 1 unspecified atom stereocenters. The van der Waals surface area contributed by atoms with Gasteiger partial charge in [-0.05, 0) is 75.8 Å². The zero-order chi connectivity index (χ0) is 23.9. The Hall–Kier alpha value is -2.80. The van der Waals surface area contributed by atoms with Crippen LogP contribution in [0.3, 0.4) is 0 Å². The highest BCUT2D eigenvalue weighted by Crippen LogP contribution is 2.29. The summed E-state index contributed by atoms with van der Waals surface area (Å²) in [5, 5.41) is 8.55. The van der Waals surface area contributed by atoms with Crippen LogP contribution in [0.5, 0.6) is 0 Å². The summed E-state index contributed by atoms with van der Waals surface area (Å²) in [4.78, 5) is 17.3. The minimum absolute atomic E-state index is 0.145. The topological polar surface area (TPSA) is 62.5 Å². The van der Waals surface area contributed by atoms with Gasteiger partial charge in [0, 0.05) is 37.4 Å². The fraction of sp³-hybridized carbons (Fsp3) is 0.444. The first-order valence-electron chi connectivity index (χ1n) is 12.3. The van der Waals surface area contributed by atoms with Gasteiger partial charge in [0.1, 0.15) is 0 Å². The molecule has 1 fully saturated rings. The Morgan fingerprint density at radius 2 is 1.74 bits per heavy atom. The molecule has 1 saturated heterocycles. The number of amides is 1. The number of benzene rings is 2. The Kier molecular flexibility index (Phi) is 8.27. The largest absolute Gasteiger partial charge is 0.411 e. The molecule has 6 nitrogen and oxygen atoms in total. The standard InChI is InChI=1S/C27H34N4O2S/c1-4-30(5-2)24-13-11-23(12-14-24)25-28-29-27(33-25)34-20(3)26(32)31-17-15-22(16-18-31)19-21-9-7-6-8-10-21/h6-14,20,22H,4-5,15-19H2,1-3H3. The lowest BCUT2D eigenvalue weighted by Gasteiger charge is -2.33. The maximum absolute atomic E-state index is 13.0. The van der Waals surface area contributed by atoms with E-state index in [9.17, 15) is 4.79 Å². The highest BCUT2D eigenvalue weighted by molar-refractivity contribution is 8.00. The van der Waals surface area contributed by atoms with Crippen LogP contribution in [-0.4, -0.2) is 52.4 Å². The van der Waals surface area contributed by atoms with Gasteiger partial charge >= 0.3 is 0 Å². The second-order valence-corrected chi connectivity index (χ2v) is 10.1. The molecule has 7 heteroatoms. The summed E-state index contributed by atoms with van der Waals surface area (Å²) >= 11 is 1.34. The molecule has 0 radical (unpaired) electrons. The van der Waals surface area contributed by atoms with Crippen LogP contribution >= 0.6 is 11.8 Å². The molecule has 2 aromatic carbocycles. The van der Waals surface area contributed by atoms with E-state index in [2.05, 4.69) is 71.4 Å². The van der Waals surface area contributed by atoms with E-state index >= 15 is 0 Å². The quantitative estimate of drug-likeness (QED) is 0.376. The van der Waals surface area contributed by atoms with Crippen molar-refractivity contribution in [2.45, 2.75) is 50.5 Å². The molecule has 180 valence electrons. The number of nitrogens with zero attached hydrogens (tertiary/aromatic N) is 4. The fourth-order valence-corrected chi connectivity index (χ4v) is 5.31. The smallest absolute Gasteiger partial charge is 0.277 e. The molecule has 1 amide bonds. The molecular weight excluding hydrogens is 444 g/mol. The van der Waals surface area contributed by atoms with Crippen LogP contribution in [-0.2, 0) is 11.2 Å². The van der Waals surface area contributed by atoms with E-state index in [0.717, 1.165) is 51.0 Å². The summed E-state index contributed by atoms with van der Waals surface area (Å²) in [6, 6.07) is 18.8. The summed E-state index contributed by atoms with van der Waals surface area (Å²) in [6.07, 6.45) is 3.19. The fourth-order valence-electron chi connectivity index (χ4n) is 4.54. The van der Waals surface area contributed by atoms with Crippen LogP contribution in [0.15, 0.2) is 64.2 Å². The summed E-state index contributed by atoms with van der Waals surface area (Å²) < 4.78 is 5.87. The first-order valence-corrected chi connectivity index (χ1v) is 13.1. The third kappa shape index (κ3) is 6.00. The van der Waals surface area contributed by atoms with E-state index in [0.29, 0.717) is 17.0 Å². The number of thioether (sulfide) groups is 1.